The molecule has 0 saturated carbocycles. The molecule has 0 aromatic rings. The van der Waals surface area contributed by atoms with E-state index in [1.165, 1.54) is 6.92 Å². The van der Waals surface area contributed by atoms with Crippen LogP contribution in [0, 0.1) is 5.92 Å². The molecule has 0 aliphatic rings. The molecule has 15 nitrogen and oxygen atoms in total. The van der Waals surface area contributed by atoms with Crippen LogP contribution in [0.4, 0.5) is 0 Å². The summed E-state index contributed by atoms with van der Waals surface area (Å²) in [6, 6.07) is -3.05. The maximum Gasteiger partial charge on any atom is 0.303 e. The van der Waals surface area contributed by atoms with E-state index in [9.17, 15) is 44.1 Å². The molecule has 15 heteroatoms. The lowest BCUT2D eigenvalue weighted by Crippen LogP contribution is -2.64. The highest BCUT2D eigenvalue weighted by Crippen LogP contribution is 2.32. The molecule has 0 aliphatic carbocycles. The van der Waals surface area contributed by atoms with Crippen molar-refractivity contribution < 1.29 is 53.9 Å². The van der Waals surface area contributed by atoms with Gasteiger partial charge in [0.15, 0.2) is 5.60 Å². The van der Waals surface area contributed by atoms with Crippen LogP contribution in [0.2, 0.25) is 0 Å². The number of aliphatic hydroxyl groups excluding tert-OH is 3. The predicted octanol–water partition coefficient (Wildman–Crippen LogP) is -3.72. The first-order chi connectivity index (χ1) is 16.7. The molecule has 3 unspecified atom stereocenters. The van der Waals surface area contributed by atoms with Gasteiger partial charge >= 0.3 is 5.97 Å². The smallest absolute Gasteiger partial charge is 0.303 e. The zero-order valence-electron chi connectivity index (χ0n) is 20.4. The molecule has 0 fully saturated rings. The number of nitrogens with two attached hydrogens (primary N) is 2. The Morgan fingerprint density at radius 2 is 1.69 bits per heavy atom. The van der Waals surface area contributed by atoms with Gasteiger partial charge in [0.25, 0.3) is 5.91 Å². The second-order valence-electron chi connectivity index (χ2n) is 8.31. The molecule has 0 heterocycles. The summed E-state index contributed by atoms with van der Waals surface area (Å²) >= 11 is 0. The van der Waals surface area contributed by atoms with E-state index >= 15 is 0 Å². The normalized spacial score (nSPS) is 17.8. The minimum Gasteiger partial charge on any atom is -0.481 e. The van der Waals surface area contributed by atoms with Crippen molar-refractivity contribution in [3.63, 3.8) is 0 Å². The third kappa shape index (κ3) is 9.14. The van der Waals surface area contributed by atoms with E-state index < -0.39 is 84.5 Å². The number of nitrogens with one attached hydrogen (secondary N) is 2. The molecule has 0 aromatic carbocycles. The Bertz CT molecular complexity index is 809. The number of ether oxygens (including phenoxy) is 1. The third-order valence-corrected chi connectivity index (χ3v) is 5.57. The van der Waals surface area contributed by atoms with Gasteiger partial charge in [-0.15, -0.1) is 0 Å². The molecule has 206 valence electrons. The van der Waals surface area contributed by atoms with Gasteiger partial charge in [-0.05, 0) is 12.8 Å². The number of carboxylic acid groups (broad SMARTS) is 1. The highest BCUT2D eigenvalue weighted by Gasteiger charge is 2.51. The molecule has 4 amide bonds. The fraction of sp³-hybridized carbons (Fsp3) is 0.714. The molecule has 0 spiro atoms. The van der Waals surface area contributed by atoms with Crippen molar-refractivity contribution in [1.82, 2.24) is 10.6 Å². The van der Waals surface area contributed by atoms with E-state index in [0.717, 1.165) is 6.92 Å². The van der Waals surface area contributed by atoms with E-state index in [0.29, 0.717) is 0 Å². The fourth-order valence-corrected chi connectivity index (χ4v) is 3.56. The molecule has 7 atom stereocenters. The number of amides is 4. The summed E-state index contributed by atoms with van der Waals surface area (Å²) in [5, 5.41) is 43.1. The Hall–Kier alpha value is -3.14. The number of aliphatic hydroxyl groups is 3. The van der Waals surface area contributed by atoms with Gasteiger partial charge in [0.2, 0.25) is 17.7 Å². The van der Waals surface area contributed by atoms with Crippen molar-refractivity contribution in [3.05, 3.63) is 0 Å². The second kappa shape index (κ2) is 15.1. The van der Waals surface area contributed by atoms with Crippen molar-refractivity contribution in [2.45, 2.75) is 82.5 Å². The number of aliphatic carboxylic acids is 1. The minimum absolute atomic E-state index is 0.164. The quantitative estimate of drug-likeness (QED) is 0.0814. The lowest BCUT2D eigenvalue weighted by molar-refractivity contribution is -0.197. The molecular formula is C21H36N4O11. The van der Waals surface area contributed by atoms with E-state index in [4.69, 9.17) is 21.3 Å². The van der Waals surface area contributed by atoms with E-state index in [2.05, 4.69) is 10.6 Å². The number of hydrogen-bond donors (Lipinski definition) is 8. The van der Waals surface area contributed by atoms with Crippen molar-refractivity contribution >= 4 is 35.9 Å². The fourth-order valence-electron chi connectivity index (χ4n) is 3.56. The van der Waals surface area contributed by atoms with Crippen LogP contribution >= 0.6 is 0 Å². The minimum atomic E-state index is -2.26. The lowest BCUT2D eigenvalue weighted by Gasteiger charge is -2.42. The van der Waals surface area contributed by atoms with Crippen molar-refractivity contribution in [1.29, 1.82) is 0 Å². The van der Waals surface area contributed by atoms with Crippen LogP contribution in [0.1, 0.15) is 46.5 Å². The number of primary amides is 2. The van der Waals surface area contributed by atoms with E-state index in [1.54, 1.807) is 6.92 Å². The molecule has 36 heavy (non-hydrogen) atoms. The maximum absolute atomic E-state index is 13.0. The first-order valence-electron chi connectivity index (χ1n) is 11.2. The first kappa shape index (κ1) is 32.9. The van der Waals surface area contributed by atoms with Gasteiger partial charge in [-0.2, -0.15) is 0 Å². The Morgan fingerprint density at radius 1 is 1.11 bits per heavy atom. The first-order valence-corrected chi connectivity index (χ1v) is 11.2. The average molecular weight is 521 g/mol. The average Bonchev–Trinajstić information content (AvgIpc) is 2.80. The van der Waals surface area contributed by atoms with Crippen molar-refractivity contribution in [2.75, 3.05) is 6.61 Å². The summed E-state index contributed by atoms with van der Waals surface area (Å²) in [7, 11) is 0. The molecule has 0 rings (SSSR count). The van der Waals surface area contributed by atoms with Crippen molar-refractivity contribution in [3.8, 4) is 0 Å². The van der Waals surface area contributed by atoms with Crippen LogP contribution in [0.5, 0.6) is 0 Å². The summed E-state index contributed by atoms with van der Waals surface area (Å²) < 4.78 is 5.79. The number of aldehydes is 1. The molecule has 0 radical (unpaired) electrons. The van der Waals surface area contributed by atoms with Gasteiger partial charge in [-0.25, -0.2) is 0 Å². The Labute approximate surface area is 207 Å². The highest BCUT2D eigenvalue weighted by atomic mass is 16.5. The van der Waals surface area contributed by atoms with Gasteiger partial charge in [0.1, 0.15) is 36.7 Å². The van der Waals surface area contributed by atoms with E-state index in [1.807, 2.05) is 0 Å². The maximum atomic E-state index is 13.0. The van der Waals surface area contributed by atoms with Gasteiger partial charge in [-0.3, -0.25) is 24.0 Å². The number of carbonyl (C=O) groups is 6. The van der Waals surface area contributed by atoms with Crippen LogP contribution < -0.4 is 22.1 Å². The number of hydrogen-bond acceptors (Lipinski definition) is 10. The Balaban J connectivity index is 6.43. The Morgan fingerprint density at radius 3 is 2.08 bits per heavy atom. The van der Waals surface area contributed by atoms with Crippen LogP contribution in [0.3, 0.4) is 0 Å². The standard InChI is InChI=1S/C21H36N4O11/c1-4-7-21(20(23)35,10(2)19(34)25-12(18(22)33)5-6-15(30)31)36-17(16(32)14(29)9-27)13(8-26)24-11(3)28/h8,10,12-14,16-17,27,29,32H,4-7,9H2,1-3H3,(H2,22,33)(H2,23,35)(H,24,28)(H,25,34)(H,30,31)/t10?,12?,13-,14+,16+,17+,21?/m0/s1. The highest BCUT2D eigenvalue weighted by molar-refractivity contribution is 5.94. The van der Waals surface area contributed by atoms with Gasteiger partial charge in [0, 0.05) is 13.3 Å². The van der Waals surface area contributed by atoms with Crippen LogP contribution in [-0.2, 0) is 33.5 Å². The van der Waals surface area contributed by atoms with Gasteiger partial charge in [0.05, 0.1) is 12.5 Å². The largest absolute Gasteiger partial charge is 0.481 e. The summed E-state index contributed by atoms with van der Waals surface area (Å²) in [6.45, 7) is 2.87. The van der Waals surface area contributed by atoms with Crippen LogP contribution in [-0.4, -0.2) is 98.9 Å². The molecule has 0 aliphatic heterocycles. The monoisotopic (exact) mass is 520 g/mol. The number of carbonyl (C=O) groups excluding carboxylic acids is 5. The summed E-state index contributed by atoms with van der Waals surface area (Å²) in [5.41, 5.74) is 8.59. The van der Waals surface area contributed by atoms with Crippen LogP contribution in [0.15, 0.2) is 0 Å². The summed E-state index contributed by atoms with van der Waals surface area (Å²) in [5.74, 6) is -6.73. The van der Waals surface area contributed by atoms with Gasteiger partial charge in [-0.1, -0.05) is 20.3 Å². The predicted molar refractivity (Wildman–Crippen MR) is 122 cm³/mol. The molecule has 0 aromatic heterocycles. The van der Waals surface area contributed by atoms with Crippen molar-refractivity contribution in [2.24, 2.45) is 17.4 Å². The topological polar surface area (TPSA) is 269 Å². The molecule has 10 N–H and O–H groups in total. The number of carboxylic acids is 1. The van der Waals surface area contributed by atoms with Gasteiger partial charge < -0.3 is 52.1 Å². The number of rotatable bonds is 18. The zero-order chi connectivity index (χ0) is 28.2. The lowest BCUT2D eigenvalue weighted by atomic mass is 9.82. The SMILES string of the molecule is CCCC(O[C@@H]([C@H](O)[C@H](O)CO)[C@H](C=O)NC(C)=O)(C(N)=O)C(C)C(=O)NC(CCC(=O)O)C(N)=O. The second-order valence-corrected chi connectivity index (χ2v) is 8.31. The third-order valence-electron chi connectivity index (χ3n) is 5.57. The molecular weight excluding hydrogens is 484 g/mol. The molecule has 0 bridgehead atoms. The molecule has 0 saturated heterocycles. The summed E-state index contributed by atoms with van der Waals surface area (Å²) in [4.78, 5) is 71.6. The zero-order valence-corrected chi connectivity index (χ0v) is 20.4. The Kier molecular flexibility index (Phi) is 13.8. The van der Waals surface area contributed by atoms with E-state index in [-0.39, 0.29) is 25.5 Å². The van der Waals surface area contributed by atoms with Crippen LogP contribution in [0.25, 0.3) is 0 Å². The summed E-state index contributed by atoms with van der Waals surface area (Å²) in [6.07, 6.45) is -6.53.